The van der Waals surface area contributed by atoms with Crippen LogP contribution in [-0.2, 0) is 11.0 Å². The molecule has 0 bridgehead atoms. The second-order valence-electron chi connectivity index (χ2n) is 4.62. The van der Waals surface area contributed by atoms with E-state index in [1.54, 1.807) is 0 Å². The number of rotatable bonds is 2. The van der Waals surface area contributed by atoms with Crippen LogP contribution in [0.1, 0.15) is 22.3 Å². The summed E-state index contributed by atoms with van der Waals surface area (Å²) in [5.41, 5.74) is -1.44. The molecule has 0 unspecified atom stereocenters. The number of alkyl halides is 3. The van der Waals surface area contributed by atoms with Gasteiger partial charge in [0.2, 0.25) is 0 Å². The molecule has 4 nitrogen and oxygen atoms in total. The van der Waals surface area contributed by atoms with Crippen LogP contribution in [0, 0.1) is 5.92 Å². The normalized spacial score (nSPS) is 19.1. The average molecular weight is 287 g/mol. The molecule has 1 atom stereocenters. The monoisotopic (exact) mass is 287 g/mol. The smallest absolute Gasteiger partial charge is 0.417 e. The molecule has 0 radical (unpaired) electrons. The number of likely N-dealkylation sites (tertiary alicyclic amines) is 1. The van der Waals surface area contributed by atoms with E-state index >= 15 is 0 Å². The molecule has 1 amide bonds. The Labute approximate surface area is 112 Å². The molecule has 1 aromatic rings. The highest BCUT2D eigenvalue weighted by molar-refractivity contribution is 5.96. The van der Waals surface area contributed by atoms with E-state index in [2.05, 4.69) is 0 Å². The van der Waals surface area contributed by atoms with Crippen molar-refractivity contribution in [2.45, 2.75) is 12.6 Å². The Hall–Kier alpha value is -2.05. The van der Waals surface area contributed by atoms with E-state index in [4.69, 9.17) is 5.11 Å². The fourth-order valence-electron chi connectivity index (χ4n) is 2.23. The molecule has 1 aromatic carbocycles. The lowest BCUT2D eigenvalue weighted by Crippen LogP contribution is -2.31. The van der Waals surface area contributed by atoms with Gasteiger partial charge >= 0.3 is 12.1 Å². The maximum absolute atomic E-state index is 12.8. The third-order valence-corrected chi connectivity index (χ3v) is 3.29. The SMILES string of the molecule is O=C(O)[C@H]1CCN(C(=O)c2ccccc2C(F)(F)F)C1. The molecule has 1 aliphatic heterocycles. The van der Waals surface area contributed by atoms with Gasteiger partial charge < -0.3 is 10.0 Å². The van der Waals surface area contributed by atoms with Crippen molar-refractivity contribution in [3.63, 3.8) is 0 Å². The summed E-state index contributed by atoms with van der Waals surface area (Å²) >= 11 is 0. The summed E-state index contributed by atoms with van der Waals surface area (Å²) in [6.45, 7) is 0.0996. The van der Waals surface area contributed by atoms with Crippen molar-refractivity contribution in [1.29, 1.82) is 0 Å². The number of carbonyl (C=O) groups excluding carboxylic acids is 1. The van der Waals surface area contributed by atoms with E-state index < -0.39 is 35.1 Å². The van der Waals surface area contributed by atoms with Crippen molar-refractivity contribution in [1.82, 2.24) is 4.90 Å². The van der Waals surface area contributed by atoms with Gasteiger partial charge in [-0.15, -0.1) is 0 Å². The van der Waals surface area contributed by atoms with Crippen LogP contribution >= 0.6 is 0 Å². The van der Waals surface area contributed by atoms with Gasteiger partial charge in [-0.1, -0.05) is 12.1 Å². The second-order valence-corrected chi connectivity index (χ2v) is 4.62. The van der Waals surface area contributed by atoms with Crippen LogP contribution in [0.3, 0.4) is 0 Å². The number of carboxylic acids is 1. The van der Waals surface area contributed by atoms with Crippen LogP contribution in [0.25, 0.3) is 0 Å². The number of carbonyl (C=O) groups is 2. The van der Waals surface area contributed by atoms with Crippen LogP contribution in [-0.4, -0.2) is 35.0 Å². The summed E-state index contributed by atoms with van der Waals surface area (Å²) in [4.78, 5) is 24.1. The minimum atomic E-state index is -4.61. The van der Waals surface area contributed by atoms with Crippen LogP contribution in [0.4, 0.5) is 13.2 Å². The summed E-state index contributed by atoms with van der Waals surface area (Å²) in [7, 11) is 0. The lowest BCUT2D eigenvalue weighted by molar-refractivity contribution is -0.141. The Kier molecular flexibility index (Phi) is 3.69. The van der Waals surface area contributed by atoms with Crippen LogP contribution in [0.5, 0.6) is 0 Å². The highest BCUT2D eigenvalue weighted by Crippen LogP contribution is 2.33. The second kappa shape index (κ2) is 5.15. The molecule has 0 aromatic heterocycles. The van der Waals surface area contributed by atoms with E-state index in [-0.39, 0.29) is 19.5 Å². The molecular formula is C13H12F3NO3. The zero-order valence-electron chi connectivity index (χ0n) is 10.4. The number of hydrogen-bond acceptors (Lipinski definition) is 2. The standard InChI is InChI=1S/C13H12F3NO3/c14-13(15,16)10-4-2-1-3-9(10)11(18)17-6-5-8(7-17)12(19)20/h1-4,8H,5-7H2,(H,19,20)/t8-/m0/s1. The number of aliphatic carboxylic acids is 1. The zero-order chi connectivity index (χ0) is 14.9. The predicted octanol–water partition coefficient (Wildman–Crippen LogP) is 2.25. The van der Waals surface area contributed by atoms with Gasteiger partial charge in [0, 0.05) is 13.1 Å². The summed E-state index contributed by atoms with van der Waals surface area (Å²) in [6, 6.07) is 4.52. The van der Waals surface area contributed by atoms with E-state index in [1.807, 2.05) is 0 Å². The number of amides is 1. The number of carboxylic acid groups (broad SMARTS) is 1. The Morgan fingerprint density at radius 1 is 1.25 bits per heavy atom. The molecule has 20 heavy (non-hydrogen) atoms. The fraction of sp³-hybridized carbons (Fsp3) is 0.385. The van der Waals surface area contributed by atoms with Crippen molar-refractivity contribution in [3.05, 3.63) is 35.4 Å². The first-order valence-corrected chi connectivity index (χ1v) is 5.99. The molecule has 108 valence electrons. The van der Waals surface area contributed by atoms with Gasteiger partial charge in [0.15, 0.2) is 0 Å². The summed E-state index contributed by atoms with van der Waals surface area (Å²) in [5.74, 6) is -2.52. The summed E-state index contributed by atoms with van der Waals surface area (Å²) in [5, 5.41) is 8.85. The van der Waals surface area contributed by atoms with Crippen molar-refractivity contribution >= 4 is 11.9 Å². The van der Waals surface area contributed by atoms with Crippen molar-refractivity contribution in [2.75, 3.05) is 13.1 Å². The molecule has 1 heterocycles. The molecule has 0 aliphatic carbocycles. The Balaban J connectivity index is 2.25. The van der Waals surface area contributed by atoms with E-state index in [9.17, 15) is 22.8 Å². The van der Waals surface area contributed by atoms with Crippen molar-refractivity contribution < 1.29 is 27.9 Å². The van der Waals surface area contributed by atoms with Gasteiger partial charge in [0.1, 0.15) is 0 Å². The maximum Gasteiger partial charge on any atom is 0.417 e. The van der Waals surface area contributed by atoms with Crippen LogP contribution in [0.2, 0.25) is 0 Å². The largest absolute Gasteiger partial charge is 0.481 e. The minimum absolute atomic E-state index is 0.0552. The highest BCUT2D eigenvalue weighted by atomic mass is 19.4. The lowest BCUT2D eigenvalue weighted by atomic mass is 10.1. The maximum atomic E-state index is 12.8. The first-order chi connectivity index (χ1) is 9.30. The van der Waals surface area contributed by atoms with Gasteiger partial charge in [0.05, 0.1) is 17.0 Å². The van der Waals surface area contributed by atoms with Crippen LogP contribution in [0.15, 0.2) is 24.3 Å². The Bertz CT molecular complexity index is 542. The fourth-order valence-corrected chi connectivity index (χ4v) is 2.23. The summed E-state index contributed by atoms with van der Waals surface area (Å²) in [6.07, 6.45) is -4.35. The van der Waals surface area contributed by atoms with E-state index in [0.29, 0.717) is 0 Å². The summed E-state index contributed by atoms with van der Waals surface area (Å²) < 4.78 is 38.5. The topological polar surface area (TPSA) is 57.6 Å². The molecule has 1 saturated heterocycles. The van der Waals surface area contributed by atoms with E-state index in [0.717, 1.165) is 17.0 Å². The molecule has 2 rings (SSSR count). The number of halogens is 3. The minimum Gasteiger partial charge on any atom is -0.481 e. The van der Waals surface area contributed by atoms with Crippen molar-refractivity contribution in [2.24, 2.45) is 5.92 Å². The molecule has 0 saturated carbocycles. The number of nitrogens with zero attached hydrogens (tertiary/aromatic N) is 1. The molecule has 1 aliphatic rings. The van der Waals surface area contributed by atoms with Gasteiger partial charge in [-0.25, -0.2) is 0 Å². The number of benzene rings is 1. The van der Waals surface area contributed by atoms with Gasteiger partial charge in [-0.3, -0.25) is 9.59 Å². The third kappa shape index (κ3) is 2.76. The molecule has 0 spiro atoms. The number of hydrogen-bond donors (Lipinski definition) is 1. The van der Waals surface area contributed by atoms with Gasteiger partial charge in [-0.05, 0) is 18.6 Å². The lowest BCUT2D eigenvalue weighted by Gasteiger charge is -2.19. The first kappa shape index (κ1) is 14.4. The molecule has 7 heteroatoms. The predicted molar refractivity (Wildman–Crippen MR) is 63.1 cm³/mol. The highest BCUT2D eigenvalue weighted by Gasteiger charge is 2.38. The quantitative estimate of drug-likeness (QED) is 0.907. The van der Waals surface area contributed by atoms with Gasteiger partial charge in [0.25, 0.3) is 5.91 Å². The van der Waals surface area contributed by atoms with Crippen LogP contribution < -0.4 is 0 Å². The van der Waals surface area contributed by atoms with Gasteiger partial charge in [-0.2, -0.15) is 13.2 Å². The van der Waals surface area contributed by atoms with E-state index in [1.165, 1.54) is 12.1 Å². The molecule has 1 fully saturated rings. The Morgan fingerprint density at radius 2 is 1.90 bits per heavy atom. The Morgan fingerprint density at radius 3 is 2.45 bits per heavy atom. The molecule has 1 N–H and O–H groups in total. The first-order valence-electron chi connectivity index (χ1n) is 5.99. The van der Waals surface area contributed by atoms with Crippen molar-refractivity contribution in [3.8, 4) is 0 Å². The average Bonchev–Trinajstić information content (AvgIpc) is 2.86. The zero-order valence-corrected chi connectivity index (χ0v) is 10.4. The molecular weight excluding hydrogens is 275 g/mol. The third-order valence-electron chi connectivity index (χ3n) is 3.29.